The van der Waals surface area contributed by atoms with E-state index in [4.69, 9.17) is 0 Å². The van der Waals surface area contributed by atoms with Crippen LogP contribution in [-0.2, 0) is 4.79 Å². The minimum atomic E-state index is -0.393. The Morgan fingerprint density at radius 1 is 1.27 bits per heavy atom. The van der Waals surface area contributed by atoms with Crippen LogP contribution in [0.2, 0.25) is 0 Å². The monoisotopic (exact) mass is 354 g/mol. The minimum Gasteiger partial charge on any atom is -0.358 e. The van der Waals surface area contributed by atoms with Gasteiger partial charge in [-0.05, 0) is 18.1 Å². The van der Waals surface area contributed by atoms with E-state index in [0.29, 0.717) is 25.5 Å². The number of hydrogen-bond acceptors (Lipinski definition) is 5. The van der Waals surface area contributed by atoms with Gasteiger partial charge in [-0.15, -0.1) is 0 Å². The first-order chi connectivity index (χ1) is 12.5. The van der Waals surface area contributed by atoms with Gasteiger partial charge in [-0.1, -0.05) is 26.0 Å². The first-order valence-corrected chi connectivity index (χ1v) is 8.78. The number of nitrogens with one attached hydrogen (secondary N) is 3. The molecule has 1 atom stereocenters. The van der Waals surface area contributed by atoms with Crippen molar-refractivity contribution < 1.29 is 9.59 Å². The molecule has 2 fully saturated rings. The Labute approximate surface area is 151 Å². The SMILES string of the molecule is CC(C)[C@@H](Nc1ncnc2ccccc12)C(=O)N1CC2(CNC(=O)N2)C1. The molecule has 1 aromatic carbocycles. The van der Waals surface area contributed by atoms with Crippen LogP contribution in [0.3, 0.4) is 0 Å². The topological polar surface area (TPSA) is 99.2 Å². The molecule has 1 spiro atoms. The summed E-state index contributed by atoms with van der Waals surface area (Å²) in [5.74, 6) is 0.771. The highest BCUT2D eigenvalue weighted by atomic mass is 16.2. The third-order valence-corrected chi connectivity index (χ3v) is 5.03. The van der Waals surface area contributed by atoms with Crippen molar-refractivity contribution in [2.75, 3.05) is 25.0 Å². The summed E-state index contributed by atoms with van der Waals surface area (Å²) in [5.41, 5.74) is 0.526. The lowest BCUT2D eigenvalue weighted by Crippen LogP contribution is -2.71. The largest absolute Gasteiger partial charge is 0.358 e. The molecule has 3 amide bonds. The molecule has 0 aliphatic carbocycles. The summed E-state index contributed by atoms with van der Waals surface area (Å²) in [4.78, 5) is 34.8. The number of anilines is 1. The van der Waals surface area contributed by atoms with Crippen molar-refractivity contribution in [3.8, 4) is 0 Å². The number of rotatable bonds is 4. The second-order valence-corrected chi connectivity index (χ2v) is 7.39. The van der Waals surface area contributed by atoms with E-state index < -0.39 is 6.04 Å². The number of para-hydroxylation sites is 1. The van der Waals surface area contributed by atoms with Gasteiger partial charge in [0, 0.05) is 25.0 Å². The Morgan fingerprint density at radius 3 is 2.73 bits per heavy atom. The fraction of sp³-hybridized carbons (Fsp3) is 0.444. The number of aromatic nitrogens is 2. The molecule has 136 valence electrons. The molecule has 0 radical (unpaired) electrons. The lowest BCUT2D eigenvalue weighted by molar-refractivity contribution is -0.140. The predicted octanol–water partition coefficient (Wildman–Crippen LogP) is 0.960. The van der Waals surface area contributed by atoms with Crippen LogP contribution >= 0.6 is 0 Å². The van der Waals surface area contributed by atoms with Crippen LogP contribution in [-0.4, -0.2) is 58.0 Å². The smallest absolute Gasteiger partial charge is 0.315 e. The van der Waals surface area contributed by atoms with Crippen molar-refractivity contribution in [2.45, 2.75) is 25.4 Å². The van der Waals surface area contributed by atoms with Gasteiger partial charge in [-0.2, -0.15) is 0 Å². The van der Waals surface area contributed by atoms with Gasteiger partial charge in [-0.25, -0.2) is 14.8 Å². The summed E-state index contributed by atoms with van der Waals surface area (Å²) in [5, 5.41) is 9.87. The highest BCUT2D eigenvalue weighted by molar-refractivity contribution is 5.92. The van der Waals surface area contributed by atoms with E-state index in [9.17, 15) is 9.59 Å². The molecule has 8 heteroatoms. The molecular formula is C18H22N6O2. The van der Waals surface area contributed by atoms with Crippen molar-refractivity contribution in [3.05, 3.63) is 30.6 Å². The second-order valence-electron chi connectivity index (χ2n) is 7.39. The van der Waals surface area contributed by atoms with Gasteiger partial charge in [0.05, 0.1) is 11.1 Å². The number of hydrogen-bond donors (Lipinski definition) is 3. The summed E-state index contributed by atoms with van der Waals surface area (Å²) in [6.07, 6.45) is 1.50. The van der Waals surface area contributed by atoms with Gasteiger partial charge in [0.15, 0.2) is 0 Å². The maximum atomic E-state index is 13.0. The summed E-state index contributed by atoms with van der Waals surface area (Å²) < 4.78 is 0. The predicted molar refractivity (Wildman–Crippen MR) is 97.6 cm³/mol. The standard InChI is InChI=1S/C18H22N6O2/c1-11(2)14(16(25)24-8-18(9-24)7-19-17(26)23-18)22-15-12-5-3-4-6-13(12)20-10-21-15/h3-6,10-11,14H,7-9H2,1-2H3,(H2,19,23,26)(H,20,21,22)/t14-/m1/s1. The van der Waals surface area contributed by atoms with Gasteiger partial charge in [0.2, 0.25) is 5.91 Å². The fourth-order valence-electron chi connectivity index (χ4n) is 3.59. The quantitative estimate of drug-likeness (QED) is 0.759. The highest BCUT2D eigenvalue weighted by Crippen LogP contribution is 2.27. The molecule has 0 saturated carbocycles. The number of carbonyl (C=O) groups is 2. The maximum absolute atomic E-state index is 13.0. The van der Waals surface area contributed by atoms with E-state index in [1.165, 1.54) is 6.33 Å². The third-order valence-electron chi connectivity index (χ3n) is 5.03. The Hall–Kier alpha value is -2.90. The van der Waals surface area contributed by atoms with Gasteiger partial charge >= 0.3 is 6.03 Å². The van der Waals surface area contributed by atoms with Gasteiger partial charge in [-0.3, -0.25) is 4.79 Å². The van der Waals surface area contributed by atoms with E-state index in [1.54, 1.807) is 4.90 Å². The van der Waals surface area contributed by atoms with Crippen LogP contribution in [0.15, 0.2) is 30.6 Å². The molecular weight excluding hydrogens is 332 g/mol. The van der Waals surface area contributed by atoms with Crippen LogP contribution < -0.4 is 16.0 Å². The van der Waals surface area contributed by atoms with Gasteiger partial charge in [0.25, 0.3) is 0 Å². The lowest BCUT2D eigenvalue weighted by Gasteiger charge is -2.48. The number of amides is 3. The Morgan fingerprint density at radius 2 is 2.04 bits per heavy atom. The number of likely N-dealkylation sites (tertiary alicyclic amines) is 1. The summed E-state index contributed by atoms with van der Waals surface area (Å²) in [6, 6.07) is 7.16. The first-order valence-electron chi connectivity index (χ1n) is 8.78. The first kappa shape index (κ1) is 16.6. The molecule has 8 nitrogen and oxygen atoms in total. The molecule has 2 saturated heterocycles. The molecule has 2 aromatic rings. The zero-order valence-corrected chi connectivity index (χ0v) is 14.8. The zero-order valence-electron chi connectivity index (χ0n) is 14.8. The third kappa shape index (κ3) is 2.81. The molecule has 1 aromatic heterocycles. The van der Waals surface area contributed by atoms with Gasteiger partial charge in [0.1, 0.15) is 18.2 Å². The second kappa shape index (κ2) is 6.12. The van der Waals surface area contributed by atoms with Crippen LogP contribution in [0, 0.1) is 5.92 Å². The molecule has 2 aliphatic rings. The number of benzene rings is 1. The van der Waals surface area contributed by atoms with Crippen LogP contribution in [0.4, 0.5) is 10.6 Å². The number of carbonyl (C=O) groups excluding carboxylic acids is 2. The Kier molecular flexibility index (Phi) is 3.90. The fourth-order valence-corrected chi connectivity index (χ4v) is 3.59. The molecule has 4 rings (SSSR count). The molecule has 3 N–H and O–H groups in total. The number of urea groups is 1. The normalized spacial score (nSPS) is 19.2. The average molecular weight is 354 g/mol. The van der Waals surface area contributed by atoms with E-state index in [1.807, 2.05) is 38.1 Å². The summed E-state index contributed by atoms with van der Waals surface area (Å²) in [6.45, 7) is 5.63. The van der Waals surface area contributed by atoms with Crippen molar-refractivity contribution in [3.63, 3.8) is 0 Å². The average Bonchev–Trinajstić information content (AvgIpc) is 3.00. The van der Waals surface area contributed by atoms with Crippen molar-refractivity contribution in [1.82, 2.24) is 25.5 Å². The summed E-state index contributed by atoms with van der Waals surface area (Å²) >= 11 is 0. The van der Waals surface area contributed by atoms with E-state index in [-0.39, 0.29) is 23.4 Å². The lowest BCUT2D eigenvalue weighted by atomic mass is 9.89. The Balaban J connectivity index is 1.51. The highest BCUT2D eigenvalue weighted by Gasteiger charge is 2.50. The Bertz CT molecular complexity index is 856. The number of nitrogens with zero attached hydrogens (tertiary/aromatic N) is 3. The van der Waals surface area contributed by atoms with Crippen LogP contribution in [0.5, 0.6) is 0 Å². The minimum absolute atomic E-state index is 0.0227. The maximum Gasteiger partial charge on any atom is 0.315 e. The van der Waals surface area contributed by atoms with E-state index >= 15 is 0 Å². The zero-order chi connectivity index (χ0) is 18.3. The number of fused-ring (bicyclic) bond motifs is 1. The molecule has 26 heavy (non-hydrogen) atoms. The van der Waals surface area contributed by atoms with E-state index in [2.05, 4.69) is 25.9 Å². The van der Waals surface area contributed by atoms with Crippen molar-refractivity contribution in [2.24, 2.45) is 5.92 Å². The van der Waals surface area contributed by atoms with Crippen molar-refractivity contribution >= 4 is 28.7 Å². The van der Waals surface area contributed by atoms with E-state index in [0.717, 1.165) is 10.9 Å². The van der Waals surface area contributed by atoms with Crippen molar-refractivity contribution in [1.29, 1.82) is 0 Å². The molecule has 2 aliphatic heterocycles. The van der Waals surface area contributed by atoms with Gasteiger partial charge < -0.3 is 20.9 Å². The summed E-state index contributed by atoms with van der Waals surface area (Å²) in [7, 11) is 0. The molecule has 0 bridgehead atoms. The van der Waals surface area contributed by atoms with Crippen LogP contribution in [0.1, 0.15) is 13.8 Å². The van der Waals surface area contributed by atoms with Crippen LogP contribution in [0.25, 0.3) is 10.9 Å². The molecule has 0 unspecified atom stereocenters. The molecule has 3 heterocycles.